The van der Waals surface area contributed by atoms with E-state index in [4.69, 9.17) is 10.5 Å². The number of hydrogen-bond acceptors (Lipinski definition) is 8. The SMILES string of the molecule is COC(=O)[C@](N)(CNC(=O)c1ccccc1)C(=O)C(C)(C)NC(=O)[C@@H](SC(C)=O)C(C)C. The van der Waals surface area contributed by atoms with E-state index in [1.807, 2.05) is 0 Å². The van der Waals surface area contributed by atoms with Gasteiger partial charge in [0.05, 0.1) is 24.4 Å². The van der Waals surface area contributed by atoms with Gasteiger partial charge in [0.1, 0.15) is 0 Å². The van der Waals surface area contributed by atoms with E-state index in [-0.39, 0.29) is 11.0 Å². The molecular weight excluding hydrogens is 434 g/mol. The van der Waals surface area contributed by atoms with Gasteiger partial charge in [-0.2, -0.15) is 0 Å². The molecule has 4 N–H and O–H groups in total. The second-order valence-corrected chi connectivity index (χ2v) is 9.55. The van der Waals surface area contributed by atoms with Gasteiger partial charge in [0.15, 0.2) is 16.4 Å². The molecule has 0 aromatic heterocycles. The zero-order valence-corrected chi connectivity index (χ0v) is 20.0. The number of ketones is 1. The fourth-order valence-corrected chi connectivity index (χ4v) is 3.80. The van der Waals surface area contributed by atoms with Crippen molar-refractivity contribution in [1.29, 1.82) is 0 Å². The van der Waals surface area contributed by atoms with Crippen molar-refractivity contribution in [2.45, 2.75) is 50.9 Å². The molecule has 1 aromatic carbocycles. The van der Waals surface area contributed by atoms with Crippen LogP contribution in [0.3, 0.4) is 0 Å². The van der Waals surface area contributed by atoms with Gasteiger partial charge in [-0.05, 0) is 31.9 Å². The lowest BCUT2D eigenvalue weighted by molar-refractivity contribution is -0.153. The Morgan fingerprint density at radius 2 is 1.66 bits per heavy atom. The van der Waals surface area contributed by atoms with E-state index in [1.54, 1.807) is 44.2 Å². The third-order valence-electron chi connectivity index (χ3n) is 4.68. The van der Waals surface area contributed by atoms with Crippen molar-refractivity contribution < 1.29 is 28.7 Å². The van der Waals surface area contributed by atoms with E-state index in [9.17, 15) is 24.0 Å². The highest BCUT2D eigenvalue weighted by Crippen LogP contribution is 2.23. The molecule has 1 rings (SSSR count). The summed E-state index contributed by atoms with van der Waals surface area (Å²) < 4.78 is 4.72. The standard InChI is InChI=1S/C22H31N3O6S/c1-13(2)16(32-14(3)26)18(28)25-21(4,5)19(29)22(23,20(30)31-6)12-24-17(27)15-10-8-7-9-11-15/h7-11,13,16H,12,23H2,1-6H3,(H,24,27)(H,25,28)/t16-,22-/m0/s1. The maximum atomic E-state index is 13.3. The summed E-state index contributed by atoms with van der Waals surface area (Å²) in [7, 11) is 1.07. The predicted octanol–water partition coefficient (Wildman–Crippen LogP) is 1.06. The summed E-state index contributed by atoms with van der Waals surface area (Å²) >= 11 is 0.856. The molecule has 0 radical (unpaired) electrons. The maximum absolute atomic E-state index is 13.3. The Balaban J connectivity index is 3.10. The molecule has 0 saturated heterocycles. The second kappa shape index (κ2) is 11.2. The molecule has 0 aliphatic rings. The molecular formula is C22H31N3O6S. The molecule has 0 fully saturated rings. The Bertz CT molecular complexity index is 872. The minimum absolute atomic E-state index is 0.191. The number of Topliss-reactive ketones (excluding diaryl/α,β-unsaturated/α-hetero) is 1. The van der Waals surface area contributed by atoms with E-state index in [1.165, 1.54) is 20.8 Å². The van der Waals surface area contributed by atoms with Crippen LogP contribution in [0.1, 0.15) is 45.0 Å². The lowest BCUT2D eigenvalue weighted by Gasteiger charge is -2.35. The average molecular weight is 466 g/mol. The van der Waals surface area contributed by atoms with Crippen LogP contribution in [0, 0.1) is 5.92 Å². The van der Waals surface area contributed by atoms with E-state index < -0.39 is 46.4 Å². The number of ether oxygens (including phenoxy) is 1. The summed E-state index contributed by atoms with van der Waals surface area (Å²) in [5.74, 6) is -3.18. The van der Waals surface area contributed by atoms with Gasteiger partial charge in [-0.15, -0.1) is 0 Å². The number of esters is 1. The number of nitrogens with one attached hydrogen (secondary N) is 2. The number of rotatable bonds is 10. The number of benzene rings is 1. The van der Waals surface area contributed by atoms with Gasteiger partial charge in [0.25, 0.3) is 5.91 Å². The Morgan fingerprint density at radius 3 is 2.12 bits per heavy atom. The topological polar surface area (TPSA) is 145 Å². The van der Waals surface area contributed by atoms with Gasteiger partial charge >= 0.3 is 5.97 Å². The van der Waals surface area contributed by atoms with Crippen LogP contribution in [0.15, 0.2) is 30.3 Å². The summed E-state index contributed by atoms with van der Waals surface area (Å²) in [6.45, 7) is 7.15. The lowest BCUT2D eigenvalue weighted by Crippen LogP contribution is -2.70. The van der Waals surface area contributed by atoms with Gasteiger partial charge in [-0.3, -0.25) is 19.2 Å². The quantitative estimate of drug-likeness (QED) is 0.344. The summed E-state index contributed by atoms with van der Waals surface area (Å²) in [5, 5.41) is 4.09. The van der Waals surface area contributed by atoms with Crippen LogP contribution in [0.5, 0.6) is 0 Å². The fraction of sp³-hybridized carbons (Fsp3) is 0.500. The smallest absolute Gasteiger partial charge is 0.335 e. The molecule has 0 saturated carbocycles. The third kappa shape index (κ3) is 6.89. The summed E-state index contributed by atoms with van der Waals surface area (Å²) in [5.41, 5.74) is 2.62. The summed E-state index contributed by atoms with van der Waals surface area (Å²) in [6.07, 6.45) is 0. The first-order chi connectivity index (χ1) is 14.8. The van der Waals surface area contributed by atoms with Crippen molar-refractivity contribution in [2.24, 2.45) is 11.7 Å². The molecule has 0 aliphatic carbocycles. The first kappa shape index (κ1) is 27.3. The van der Waals surface area contributed by atoms with Crippen LogP contribution in [0.25, 0.3) is 0 Å². The lowest BCUT2D eigenvalue weighted by atomic mass is 9.82. The van der Waals surface area contributed by atoms with Crippen LogP contribution < -0.4 is 16.4 Å². The van der Waals surface area contributed by atoms with Crippen molar-refractivity contribution in [3.63, 3.8) is 0 Å². The van der Waals surface area contributed by atoms with Crippen molar-refractivity contribution >= 4 is 40.4 Å². The molecule has 0 aliphatic heterocycles. The first-order valence-electron chi connectivity index (χ1n) is 10.0. The third-order valence-corrected chi connectivity index (χ3v) is 6.02. The molecule has 0 spiro atoms. The molecule has 0 bridgehead atoms. The van der Waals surface area contributed by atoms with Crippen molar-refractivity contribution in [2.75, 3.05) is 13.7 Å². The highest BCUT2D eigenvalue weighted by molar-refractivity contribution is 8.14. The van der Waals surface area contributed by atoms with Gasteiger partial charge in [-0.1, -0.05) is 43.8 Å². The number of amides is 2. The van der Waals surface area contributed by atoms with Crippen LogP contribution >= 0.6 is 11.8 Å². The van der Waals surface area contributed by atoms with Gasteiger partial charge in [-0.25, -0.2) is 4.79 Å². The molecule has 2 atom stereocenters. The number of thioether (sulfide) groups is 1. The summed E-state index contributed by atoms with van der Waals surface area (Å²) in [4.78, 5) is 62.5. The Hall–Kier alpha value is -2.72. The fourth-order valence-electron chi connectivity index (χ4n) is 3.00. The van der Waals surface area contributed by atoms with Crippen LogP contribution in [0.2, 0.25) is 0 Å². The average Bonchev–Trinajstić information content (AvgIpc) is 2.74. The monoisotopic (exact) mass is 465 g/mol. The molecule has 0 unspecified atom stereocenters. The van der Waals surface area contributed by atoms with Crippen LogP contribution in [0.4, 0.5) is 0 Å². The zero-order chi connectivity index (χ0) is 24.7. The highest BCUT2D eigenvalue weighted by atomic mass is 32.2. The first-order valence-corrected chi connectivity index (χ1v) is 10.9. The predicted molar refractivity (Wildman–Crippen MR) is 122 cm³/mol. The number of nitrogens with two attached hydrogens (primary N) is 1. The van der Waals surface area contributed by atoms with Crippen molar-refractivity contribution in [3.8, 4) is 0 Å². The molecule has 32 heavy (non-hydrogen) atoms. The molecule has 0 heterocycles. The number of hydrogen-bond donors (Lipinski definition) is 3. The van der Waals surface area contributed by atoms with Crippen molar-refractivity contribution in [3.05, 3.63) is 35.9 Å². The normalized spacial score (nSPS) is 14.1. The minimum atomic E-state index is -2.25. The summed E-state index contributed by atoms with van der Waals surface area (Å²) in [6, 6.07) is 8.20. The Kier molecular flexibility index (Phi) is 9.59. The Morgan fingerprint density at radius 1 is 1.09 bits per heavy atom. The molecule has 176 valence electrons. The number of carbonyl (C=O) groups excluding carboxylic acids is 5. The highest BCUT2D eigenvalue weighted by Gasteiger charge is 2.51. The molecule has 9 nitrogen and oxygen atoms in total. The van der Waals surface area contributed by atoms with E-state index in [0.717, 1.165) is 18.9 Å². The number of methoxy groups -OCH3 is 1. The van der Waals surface area contributed by atoms with Crippen molar-refractivity contribution in [1.82, 2.24) is 10.6 Å². The van der Waals surface area contributed by atoms with E-state index >= 15 is 0 Å². The molecule has 10 heteroatoms. The largest absolute Gasteiger partial charge is 0.467 e. The Labute approximate surface area is 192 Å². The van der Waals surface area contributed by atoms with Crippen LogP contribution in [-0.4, -0.2) is 58.7 Å². The van der Waals surface area contributed by atoms with Gasteiger partial charge < -0.3 is 21.1 Å². The van der Waals surface area contributed by atoms with Crippen LogP contribution in [-0.2, 0) is 23.9 Å². The number of carbonyl (C=O) groups is 5. The van der Waals surface area contributed by atoms with Gasteiger partial charge in [0.2, 0.25) is 5.91 Å². The second-order valence-electron chi connectivity index (χ2n) is 8.23. The maximum Gasteiger partial charge on any atom is 0.335 e. The minimum Gasteiger partial charge on any atom is -0.467 e. The van der Waals surface area contributed by atoms with Gasteiger partial charge in [0, 0.05) is 12.5 Å². The zero-order valence-electron chi connectivity index (χ0n) is 19.2. The molecule has 1 aromatic rings. The van der Waals surface area contributed by atoms with E-state index in [0.29, 0.717) is 5.56 Å². The van der Waals surface area contributed by atoms with E-state index in [2.05, 4.69) is 10.6 Å². The molecule has 2 amide bonds.